The van der Waals surface area contributed by atoms with Gasteiger partial charge in [-0.1, -0.05) is 30.3 Å². The monoisotopic (exact) mass is 413 g/mol. The van der Waals surface area contributed by atoms with Crippen LogP contribution < -0.4 is 11.2 Å². The predicted octanol–water partition coefficient (Wildman–Crippen LogP) is -2.19. The van der Waals surface area contributed by atoms with Crippen molar-refractivity contribution < 1.29 is 34.8 Å². The molecule has 1 aliphatic rings. The lowest BCUT2D eigenvalue weighted by atomic mass is 9.97. The molecule has 2 aromatic rings. The number of ether oxygens (including phenoxy) is 1. The summed E-state index contributed by atoms with van der Waals surface area (Å²) in [4.78, 5) is 25.2. The van der Waals surface area contributed by atoms with Gasteiger partial charge < -0.3 is 30.4 Å². The van der Waals surface area contributed by atoms with Gasteiger partial charge in [-0.15, -0.1) is 5.06 Å². The zero-order valence-corrected chi connectivity index (χ0v) is 15.0. The highest BCUT2D eigenvalue weighted by Crippen LogP contribution is 2.50. The van der Waals surface area contributed by atoms with E-state index < -0.39 is 48.0 Å². The molecule has 12 heteroatoms. The number of benzene rings is 1. The first kappa shape index (κ1) is 21.3. The van der Waals surface area contributed by atoms with Crippen molar-refractivity contribution in [3.8, 4) is 0 Å². The number of aromatic amines is 1. The number of nitrogens with one attached hydrogen (secondary N) is 1. The van der Waals surface area contributed by atoms with Gasteiger partial charge in [0.05, 0.1) is 6.61 Å². The minimum atomic E-state index is -3.93. The average Bonchev–Trinajstić information content (AvgIpc) is 2.85. The van der Waals surface area contributed by atoms with E-state index in [2.05, 4.69) is 0 Å². The number of H-pyrrole nitrogens is 1. The maximum atomic E-state index is 15.2. The fourth-order valence-corrected chi connectivity index (χ4v) is 3.24. The maximum Gasteiger partial charge on any atom is 0.332 e. The fourth-order valence-electron chi connectivity index (χ4n) is 3.24. The number of aliphatic hydroxyl groups excluding tert-OH is 1. The Morgan fingerprint density at radius 1 is 1.17 bits per heavy atom. The minimum Gasteiger partial charge on any atom is -0.393 e. The molecule has 158 valence electrons. The van der Waals surface area contributed by atoms with E-state index in [-0.39, 0.29) is 16.1 Å². The van der Waals surface area contributed by atoms with Gasteiger partial charge in [-0.05, 0) is 12.0 Å². The van der Waals surface area contributed by atoms with Crippen molar-refractivity contribution in [3.05, 3.63) is 69.0 Å². The van der Waals surface area contributed by atoms with Crippen molar-refractivity contribution in [1.82, 2.24) is 14.6 Å². The Hall–Kier alpha value is -2.45. The van der Waals surface area contributed by atoms with Crippen LogP contribution >= 0.6 is 0 Å². The molecule has 2 heterocycles. The van der Waals surface area contributed by atoms with E-state index in [9.17, 15) is 35.2 Å². The number of hydrogen-bond acceptors (Lipinski definition) is 9. The van der Waals surface area contributed by atoms with Crippen LogP contribution in [0.3, 0.4) is 0 Å². The van der Waals surface area contributed by atoms with Crippen LogP contribution in [-0.2, 0) is 17.1 Å². The molecule has 0 spiro atoms. The maximum absolute atomic E-state index is 15.2. The normalized spacial score (nSPS) is 32.0. The zero-order valence-electron chi connectivity index (χ0n) is 15.0. The van der Waals surface area contributed by atoms with E-state index in [4.69, 9.17) is 4.74 Å². The van der Waals surface area contributed by atoms with Gasteiger partial charge in [-0.2, -0.15) is 0 Å². The number of nitrogens with zero attached hydrogens (tertiary/aromatic N) is 2. The SMILES string of the molecule is O=c1ccn([C@]2(O)O[C@H](CO)[C@](O)(F)[C@]2(O)N(O)CCc2ccccc2)c(=O)[nH]1. The second-order valence-corrected chi connectivity index (χ2v) is 6.58. The van der Waals surface area contributed by atoms with Crippen LogP contribution in [0.1, 0.15) is 5.56 Å². The molecule has 0 radical (unpaired) electrons. The van der Waals surface area contributed by atoms with Crippen LogP contribution in [-0.4, -0.2) is 71.1 Å². The summed E-state index contributed by atoms with van der Waals surface area (Å²) in [6.45, 7) is -1.74. The molecule has 0 aliphatic carbocycles. The average molecular weight is 413 g/mol. The standard InChI is InChI=1S/C17H20FN3O8/c18-15(25)12(10-22)29-17(27,20-8-7-13(23)19-14(20)24)16(15,26)21(28)9-6-11-4-2-1-3-5-11/h1-5,7-8,12,22,25-28H,6,9-10H2,(H,19,23,24)/t12-,15-,16-,17-/m1/s1. The molecule has 1 fully saturated rings. The van der Waals surface area contributed by atoms with E-state index in [0.29, 0.717) is 11.8 Å². The van der Waals surface area contributed by atoms with Gasteiger partial charge >= 0.3 is 11.6 Å². The molecule has 1 aliphatic heterocycles. The van der Waals surface area contributed by atoms with Crippen molar-refractivity contribution in [1.29, 1.82) is 0 Å². The molecular weight excluding hydrogens is 393 g/mol. The van der Waals surface area contributed by atoms with E-state index in [1.165, 1.54) is 0 Å². The first-order valence-corrected chi connectivity index (χ1v) is 8.55. The molecule has 29 heavy (non-hydrogen) atoms. The second-order valence-electron chi connectivity index (χ2n) is 6.58. The molecule has 6 N–H and O–H groups in total. The van der Waals surface area contributed by atoms with Crippen molar-refractivity contribution >= 4 is 0 Å². The summed E-state index contributed by atoms with van der Waals surface area (Å²) >= 11 is 0. The van der Waals surface area contributed by atoms with Gasteiger partial charge in [0.15, 0.2) is 0 Å². The molecule has 0 saturated carbocycles. The molecule has 1 saturated heterocycles. The van der Waals surface area contributed by atoms with Crippen LogP contribution in [0.25, 0.3) is 0 Å². The highest BCUT2D eigenvalue weighted by atomic mass is 19.2. The number of alkyl halides is 1. The number of halogens is 1. The molecular formula is C17H20FN3O8. The third-order valence-corrected chi connectivity index (χ3v) is 4.82. The van der Waals surface area contributed by atoms with Gasteiger partial charge in [0.25, 0.3) is 17.1 Å². The van der Waals surface area contributed by atoms with E-state index >= 15 is 4.39 Å². The third kappa shape index (κ3) is 3.20. The topological polar surface area (TPSA) is 168 Å². The lowest BCUT2D eigenvalue weighted by Crippen LogP contribution is -2.72. The van der Waals surface area contributed by atoms with Crippen LogP contribution in [0.2, 0.25) is 0 Å². The Morgan fingerprint density at radius 2 is 1.83 bits per heavy atom. The molecule has 0 bridgehead atoms. The Bertz CT molecular complexity index is 980. The number of aromatic nitrogens is 2. The zero-order chi connectivity index (χ0) is 21.4. The van der Waals surface area contributed by atoms with Crippen molar-refractivity contribution in [2.24, 2.45) is 0 Å². The highest BCUT2D eigenvalue weighted by molar-refractivity contribution is 5.15. The number of hydrogen-bond donors (Lipinski definition) is 6. The Morgan fingerprint density at radius 3 is 2.41 bits per heavy atom. The van der Waals surface area contributed by atoms with Gasteiger partial charge in [-0.3, -0.25) is 9.78 Å². The molecule has 0 amide bonds. The van der Waals surface area contributed by atoms with Crippen LogP contribution in [0.5, 0.6) is 0 Å². The Kier molecular flexibility index (Phi) is 5.44. The summed E-state index contributed by atoms with van der Waals surface area (Å²) in [5.41, 5.74) is -5.19. The number of hydroxylamine groups is 2. The molecule has 11 nitrogen and oxygen atoms in total. The van der Waals surface area contributed by atoms with Crippen molar-refractivity contribution in [2.45, 2.75) is 30.0 Å². The molecule has 4 atom stereocenters. The summed E-state index contributed by atoms with van der Waals surface area (Å²) < 4.78 is 20.2. The number of aliphatic hydroxyl groups is 4. The number of rotatable bonds is 6. The van der Waals surface area contributed by atoms with Crippen LogP contribution in [0.4, 0.5) is 4.39 Å². The quantitative estimate of drug-likeness (QED) is 0.228. The third-order valence-electron chi connectivity index (χ3n) is 4.82. The second kappa shape index (κ2) is 7.42. The van der Waals surface area contributed by atoms with E-state index in [0.717, 1.165) is 6.07 Å². The van der Waals surface area contributed by atoms with Crippen LogP contribution in [0, 0.1) is 0 Å². The molecule has 3 rings (SSSR count). The van der Waals surface area contributed by atoms with Crippen molar-refractivity contribution in [2.75, 3.05) is 13.2 Å². The van der Waals surface area contributed by atoms with Crippen LogP contribution in [0.15, 0.2) is 52.2 Å². The highest BCUT2D eigenvalue weighted by Gasteiger charge is 2.79. The summed E-state index contributed by atoms with van der Waals surface area (Å²) in [6, 6.07) is 9.27. The van der Waals surface area contributed by atoms with Crippen molar-refractivity contribution in [3.63, 3.8) is 0 Å². The Labute approximate surface area is 162 Å². The molecule has 1 aromatic carbocycles. The summed E-state index contributed by atoms with van der Waals surface area (Å²) in [5.74, 6) is -7.35. The van der Waals surface area contributed by atoms with Gasteiger partial charge in [0.1, 0.15) is 6.10 Å². The molecule has 0 unspecified atom stereocenters. The van der Waals surface area contributed by atoms with Gasteiger partial charge in [0.2, 0.25) is 0 Å². The van der Waals surface area contributed by atoms with E-state index in [1.807, 2.05) is 0 Å². The first-order valence-electron chi connectivity index (χ1n) is 8.55. The Balaban J connectivity index is 2.06. The summed E-state index contributed by atoms with van der Waals surface area (Å²) in [6.07, 6.45) is -1.54. The van der Waals surface area contributed by atoms with Gasteiger partial charge in [-0.25, -0.2) is 13.8 Å². The van der Waals surface area contributed by atoms with Gasteiger partial charge in [0, 0.05) is 18.8 Å². The summed E-state index contributed by atoms with van der Waals surface area (Å²) in [5, 5.41) is 51.7. The smallest absolute Gasteiger partial charge is 0.332 e. The fraction of sp³-hybridized carbons (Fsp3) is 0.412. The summed E-state index contributed by atoms with van der Waals surface area (Å²) in [7, 11) is 0. The predicted molar refractivity (Wildman–Crippen MR) is 93.1 cm³/mol. The largest absolute Gasteiger partial charge is 0.393 e. The lowest BCUT2D eigenvalue weighted by molar-refractivity contribution is -0.433. The minimum absolute atomic E-state index is 0.0378. The van der Waals surface area contributed by atoms with E-state index in [1.54, 1.807) is 35.3 Å². The lowest BCUT2D eigenvalue weighted by Gasteiger charge is -2.43. The first-order chi connectivity index (χ1) is 13.6. The molecule has 1 aromatic heterocycles.